The molecular weight excluding hydrogens is 1290 g/mol. The van der Waals surface area contributed by atoms with Crippen LogP contribution in [0, 0.1) is 0 Å². The molecule has 5 aromatic carbocycles. The van der Waals surface area contributed by atoms with Gasteiger partial charge < -0.3 is 60.5 Å². The van der Waals surface area contributed by atoms with Crippen LogP contribution in [0.1, 0.15) is 177 Å². The van der Waals surface area contributed by atoms with E-state index in [-0.39, 0.29) is 35.3 Å². The van der Waals surface area contributed by atoms with Crippen LogP contribution < -0.4 is 45.9 Å². The van der Waals surface area contributed by atoms with Crippen LogP contribution in [0.15, 0.2) is 210 Å². The Balaban J connectivity index is 0.000000260. The predicted molar refractivity (Wildman–Crippen MR) is 423 cm³/mol. The number of piperidine rings is 3. The van der Waals surface area contributed by atoms with Crippen molar-refractivity contribution in [3.63, 3.8) is 0 Å². The average molecular weight is 1410 g/mol. The molecule has 0 saturated carbocycles. The first-order valence-corrected chi connectivity index (χ1v) is 37.8. The fourth-order valence-corrected chi connectivity index (χ4v) is 12.4. The van der Waals surface area contributed by atoms with Crippen molar-refractivity contribution in [1.29, 1.82) is 0 Å². The summed E-state index contributed by atoms with van der Waals surface area (Å²) in [6, 6.07) is 46.1. The Kier molecular flexibility index (Phi) is 38.9. The summed E-state index contributed by atoms with van der Waals surface area (Å²) in [6.45, 7) is 26.0. The first-order valence-electron chi connectivity index (χ1n) is 37.8. The van der Waals surface area contributed by atoms with Gasteiger partial charge in [0.15, 0.2) is 0 Å². The summed E-state index contributed by atoms with van der Waals surface area (Å²) in [4.78, 5) is 81.2. The van der Waals surface area contributed by atoms with E-state index >= 15 is 0 Å². The number of carbonyl (C=O) groups excluding carboxylic acids is 6. The highest BCUT2D eigenvalue weighted by atomic mass is 16.5. The SMILES string of the molecule is CC.CC.CC.CCCC(=O)N1CCC(NC2=CC=C(C(=O)N(Cc3ccc(OC)cc3)c3ccccc3)C2)CC1.CCCC(=O)N1CCC(NC2=CC=C(C(=O)Nc3ccccc3)C2)CC1.CCCC(C)=O.COc1ccc(CN(C(=O)C2=CC=C(NC3CCNCC3)C2)c2ccccc2)cc1. The van der Waals surface area contributed by atoms with Crippen LogP contribution in [-0.2, 0) is 41.9 Å². The van der Waals surface area contributed by atoms with Gasteiger partial charge >= 0.3 is 0 Å². The first kappa shape index (κ1) is 84.2. The molecule has 0 radical (unpaired) electrons. The maximum absolute atomic E-state index is 13.6. The fourth-order valence-electron chi connectivity index (χ4n) is 12.4. The van der Waals surface area contributed by atoms with E-state index in [9.17, 15) is 28.8 Å². The lowest BCUT2D eigenvalue weighted by Crippen LogP contribution is -2.44. The molecule has 3 aliphatic heterocycles. The molecule has 0 aromatic heterocycles. The van der Waals surface area contributed by atoms with Crippen molar-refractivity contribution in [3.8, 4) is 11.5 Å². The van der Waals surface area contributed by atoms with Gasteiger partial charge in [-0.2, -0.15) is 0 Å². The van der Waals surface area contributed by atoms with Crippen LogP contribution in [-0.4, -0.2) is 117 Å². The maximum atomic E-state index is 13.6. The van der Waals surface area contributed by atoms with Crippen LogP contribution in [0.4, 0.5) is 17.1 Å². The number of para-hydroxylation sites is 3. The van der Waals surface area contributed by atoms with Gasteiger partial charge in [0.25, 0.3) is 17.7 Å². The molecule has 17 nitrogen and oxygen atoms in total. The summed E-state index contributed by atoms with van der Waals surface area (Å²) in [5, 5.41) is 17.1. The summed E-state index contributed by atoms with van der Waals surface area (Å²) in [5.74, 6) is 2.45. The molecule has 6 aliphatic rings. The number of amides is 5. The average Bonchev–Trinajstić information content (AvgIpc) is 1.80. The van der Waals surface area contributed by atoms with Gasteiger partial charge in [0, 0.05) is 134 Å². The van der Waals surface area contributed by atoms with Gasteiger partial charge in [-0.1, -0.05) is 159 Å². The molecule has 0 unspecified atom stereocenters. The Morgan fingerprint density at radius 2 is 0.777 bits per heavy atom. The summed E-state index contributed by atoms with van der Waals surface area (Å²) >= 11 is 0. The van der Waals surface area contributed by atoms with Gasteiger partial charge in [-0.25, -0.2) is 0 Å². The number of ketones is 1. The van der Waals surface area contributed by atoms with Crippen LogP contribution >= 0.6 is 0 Å². The van der Waals surface area contributed by atoms with Crippen molar-refractivity contribution in [2.75, 3.05) is 68.6 Å². The Morgan fingerprint density at radius 3 is 1.12 bits per heavy atom. The molecule has 5 amide bonds. The van der Waals surface area contributed by atoms with Gasteiger partial charge in [-0.15, -0.1) is 0 Å². The lowest BCUT2D eigenvalue weighted by molar-refractivity contribution is -0.133. The van der Waals surface area contributed by atoms with Crippen molar-refractivity contribution in [2.45, 2.75) is 197 Å². The second-order valence-electron chi connectivity index (χ2n) is 25.4. The minimum Gasteiger partial charge on any atom is -0.497 e. The fraction of sp³-hybridized carbons (Fsp3) is 0.442. The zero-order valence-corrected chi connectivity index (χ0v) is 63.8. The van der Waals surface area contributed by atoms with Crippen molar-refractivity contribution in [2.24, 2.45) is 0 Å². The number of anilines is 3. The standard InChI is InChI=1S/C29H35N3O3.C25H29N3O2.C21H27N3O2.C5H10O.3C2H6/c1-3-7-28(33)31-18-16-24(17-19-31)30-25-13-12-23(20-25)29(34)32(26-8-5-4-6-9-26)21-22-10-14-27(35-2)15-11-22;1-30-24-11-7-19(8-12-24)18-28(23-5-3-2-4-6-23)25(29)20-9-10-22(17-20)27-21-13-15-26-16-14-21;1-2-6-20(25)24-13-11-18(12-14-24)22-19-10-9-16(15-19)21(26)23-17-7-4-3-5-8-17;1-3-4-5(2)6;3*1-2/h4-6,8-15,24,30H,3,7,16-21H2,1-2H3;2-12,21,26-27H,13-18H2,1H3;3-5,7-10,18,22H,2,6,11-15H2,1H3,(H,23,26);3-4H2,1-2H3;3*1-2H3. The molecule has 17 heteroatoms. The number of Topliss-reactive ketones (excluding diaryl/α,β-unsaturated/α-hetero) is 1. The van der Waals surface area contributed by atoms with Crippen LogP contribution in [0.5, 0.6) is 11.5 Å². The monoisotopic (exact) mass is 1410 g/mol. The molecule has 5 aromatic rings. The number of nitrogens with zero attached hydrogens (tertiary/aromatic N) is 4. The topological polar surface area (TPSA) is 194 Å². The molecule has 3 heterocycles. The van der Waals surface area contributed by atoms with Crippen molar-refractivity contribution >= 4 is 52.4 Å². The molecule has 0 atom stereocenters. The molecule has 3 aliphatic carbocycles. The van der Waals surface area contributed by atoms with E-state index in [0.717, 1.165) is 177 Å². The van der Waals surface area contributed by atoms with E-state index < -0.39 is 0 Å². The Morgan fingerprint density at radius 1 is 0.437 bits per heavy atom. The number of allylic oxidation sites excluding steroid dienone is 9. The predicted octanol–water partition coefficient (Wildman–Crippen LogP) is 16.3. The molecule has 3 saturated heterocycles. The van der Waals surface area contributed by atoms with E-state index in [1.165, 1.54) is 0 Å². The van der Waals surface area contributed by atoms with Gasteiger partial charge in [0.1, 0.15) is 17.3 Å². The number of ether oxygens (including phenoxy) is 2. The summed E-state index contributed by atoms with van der Waals surface area (Å²) in [6.07, 6.45) is 24.6. The van der Waals surface area contributed by atoms with Crippen molar-refractivity contribution in [1.82, 2.24) is 31.1 Å². The largest absolute Gasteiger partial charge is 0.497 e. The van der Waals surface area contributed by atoms with Crippen molar-refractivity contribution in [3.05, 3.63) is 221 Å². The number of methoxy groups -OCH3 is 2. The minimum absolute atomic E-state index is 0.0139. The lowest BCUT2D eigenvalue weighted by Gasteiger charge is -2.33. The second kappa shape index (κ2) is 47.7. The minimum atomic E-state index is -0.0516. The first-order chi connectivity index (χ1) is 50.2. The number of benzene rings is 5. The molecule has 11 rings (SSSR count). The molecule has 556 valence electrons. The van der Waals surface area contributed by atoms with E-state index in [4.69, 9.17) is 9.47 Å². The zero-order chi connectivity index (χ0) is 74.7. The summed E-state index contributed by atoms with van der Waals surface area (Å²) in [5.41, 5.74) is 10.4. The smallest absolute Gasteiger partial charge is 0.254 e. The number of nitrogens with one attached hydrogen (secondary N) is 5. The van der Waals surface area contributed by atoms with E-state index in [0.29, 0.717) is 63.3 Å². The highest BCUT2D eigenvalue weighted by Gasteiger charge is 2.29. The second-order valence-corrected chi connectivity index (χ2v) is 25.4. The Hall–Kier alpha value is -9.48. The number of rotatable bonds is 24. The van der Waals surface area contributed by atoms with Crippen LogP contribution in [0.3, 0.4) is 0 Å². The van der Waals surface area contributed by atoms with Gasteiger partial charge in [0.05, 0.1) is 27.3 Å². The van der Waals surface area contributed by atoms with E-state index in [1.54, 1.807) is 21.1 Å². The third kappa shape index (κ3) is 28.7. The third-order valence-electron chi connectivity index (χ3n) is 17.8. The Labute approximate surface area is 616 Å². The van der Waals surface area contributed by atoms with Gasteiger partial charge in [0.2, 0.25) is 11.8 Å². The quantitative estimate of drug-likeness (QED) is 0.0393. The van der Waals surface area contributed by atoms with Gasteiger partial charge in [-0.05, 0) is 168 Å². The number of carbonyl (C=O) groups is 6. The van der Waals surface area contributed by atoms with Crippen LogP contribution in [0.25, 0.3) is 0 Å². The molecular formula is C86H119N9O8. The van der Waals surface area contributed by atoms with Gasteiger partial charge in [-0.3, -0.25) is 24.0 Å². The zero-order valence-electron chi connectivity index (χ0n) is 63.8. The third-order valence-corrected chi connectivity index (χ3v) is 17.8. The summed E-state index contributed by atoms with van der Waals surface area (Å²) in [7, 11) is 3.30. The molecule has 0 bridgehead atoms. The molecule has 0 spiro atoms. The molecule has 103 heavy (non-hydrogen) atoms. The van der Waals surface area contributed by atoms with Crippen LogP contribution in [0.2, 0.25) is 0 Å². The highest BCUT2D eigenvalue weighted by Crippen LogP contribution is 2.30. The Bertz CT molecular complexity index is 3550. The number of hydrogen-bond acceptors (Lipinski definition) is 12. The normalized spacial score (nSPS) is 15.3. The number of likely N-dealkylation sites (tertiary alicyclic amines) is 2. The van der Waals surface area contributed by atoms with E-state index in [2.05, 4.69) is 32.7 Å². The van der Waals surface area contributed by atoms with E-state index in [1.807, 2.05) is 252 Å². The molecule has 5 N–H and O–H groups in total. The number of hydrogen-bond donors (Lipinski definition) is 5. The van der Waals surface area contributed by atoms with Crippen molar-refractivity contribution < 1.29 is 38.2 Å². The maximum Gasteiger partial charge on any atom is 0.254 e. The summed E-state index contributed by atoms with van der Waals surface area (Å²) < 4.78 is 10.5. The lowest BCUT2D eigenvalue weighted by atomic mass is 10.0. The highest BCUT2D eigenvalue weighted by molar-refractivity contribution is 6.07. The molecule has 3 fully saturated rings.